The number of nitrogens with one attached hydrogen (secondary N) is 2. The number of carbonyl (C=O) groups excluding carboxylic acids is 2. The van der Waals surface area contributed by atoms with Crippen molar-refractivity contribution in [2.45, 2.75) is 155 Å². The van der Waals surface area contributed by atoms with Crippen molar-refractivity contribution in [3.05, 3.63) is 23.2 Å². The maximum atomic E-state index is 12.3. The van der Waals surface area contributed by atoms with E-state index in [1.807, 2.05) is 6.92 Å². The Morgan fingerprint density at radius 3 is 1.46 bits per heavy atom. The lowest BCUT2D eigenvalue weighted by atomic mass is 10.0. The second kappa shape index (κ2) is 23.6. The Balaban J connectivity index is 1.94. The van der Waals surface area contributed by atoms with Crippen LogP contribution in [0.1, 0.15) is 155 Å². The molecule has 0 aliphatic carbocycles. The third-order valence-corrected chi connectivity index (χ3v) is 7.34. The Bertz CT molecular complexity index is 723. The zero-order valence-corrected chi connectivity index (χ0v) is 24.7. The maximum Gasteiger partial charge on any atom is 0.224 e. The quantitative estimate of drug-likeness (QED) is 0.129. The van der Waals surface area contributed by atoms with Crippen LogP contribution in [0.3, 0.4) is 0 Å². The molecule has 5 heteroatoms. The van der Waals surface area contributed by atoms with Gasteiger partial charge in [0.05, 0.1) is 10.7 Å². The number of hydrogen-bond acceptors (Lipinski definition) is 2. The van der Waals surface area contributed by atoms with Crippen LogP contribution in [-0.2, 0) is 9.59 Å². The van der Waals surface area contributed by atoms with E-state index >= 15 is 0 Å². The van der Waals surface area contributed by atoms with Gasteiger partial charge in [0, 0.05) is 18.5 Å². The number of halogens is 1. The molecule has 1 aromatic carbocycles. The molecule has 212 valence electrons. The summed E-state index contributed by atoms with van der Waals surface area (Å²) in [4.78, 5) is 24.1. The molecule has 0 aliphatic rings. The van der Waals surface area contributed by atoms with Gasteiger partial charge in [0.2, 0.25) is 11.8 Å². The van der Waals surface area contributed by atoms with Gasteiger partial charge in [-0.2, -0.15) is 0 Å². The molecule has 0 heterocycles. The van der Waals surface area contributed by atoms with Gasteiger partial charge in [-0.05, 0) is 31.0 Å². The molecule has 0 spiro atoms. The maximum absolute atomic E-state index is 12.3. The van der Waals surface area contributed by atoms with Gasteiger partial charge in [-0.25, -0.2) is 0 Å². The molecule has 0 aromatic heterocycles. The van der Waals surface area contributed by atoms with Crippen LogP contribution in [-0.4, -0.2) is 11.8 Å². The molecule has 0 unspecified atom stereocenters. The Morgan fingerprint density at radius 2 is 1.00 bits per heavy atom. The van der Waals surface area contributed by atoms with E-state index in [2.05, 4.69) is 17.6 Å². The van der Waals surface area contributed by atoms with Gasteiger partial charge in [0.1, 0.15) is 0 Å². The number of unbranched alkanes of at least 4 members (excludes halogenated alkanes) is 18. The minimum Gasteiger partial charge on any atom is -0.326 e. The van der Waals surface area contributed by atoms with Gasteiger partial charge in [0.25, 0.3) is 0 Å². The topological polar surface area (TPSA) is 58.2 Å². The molecule has 0 saturated heterocycles. The van der Waals surface area contributed by atoms with E-state index in [4.69, 9.17) is 11.6 Å². The molecule has 1 aromatic rings. The summed E-state index contributed by atoms with van der Waals surface area (Å²) in [6.45, 7) is 4.25. The van der Waals surface area contributed by atoms with Crippen molar-refractivity contribution in [3.8, 4) is 0 Å². The largest absolute Gasteiger partial charge is 0.326 e. The van der Waals surface area contributed by atoms with Crippen molar-refractivity contribution in [2.75, 3.05) is 10.6 Å². The Labute approximate surface area is 233 Å². The molecule has 0 fully saturated rings. The normalized spacial score (nSPS) is 11.0. The highest BCUT2D eigenvalue weighted by molar-refractivity contribution is 6.33. The molecule has 0 bridgehead atoms. The van der Waals surface area contributed by atoms with E-state index < -0.39 is 0 Å². The first kappa shape index (κ1) is 33.5. The third-order valence-electron chi connectivity index (χ3n) is 7.01. The van der Waals surface area contributed by atoms with Gasteiger partial charge in [-0.3, -0.25) is 9.59 Å². The van der Waals surface area contributed by atoms with E-state index in [1.54, 1.807) is 18.2 Å². The van der Waals surface area contributed by atoms with E-state index in [9.17, 15) is 9.59 Å². The van der Waals surface area contributed by atoms with Crippen molar-refractivity contribution in [3.63, 3.8) is 0 Å². The van der Waals surface area contributed by atoms with E-state index in [-0.39, 0.29) is 11.8 Å². The summed E-state index contributed by atoms with van der Waals surface area (Å²) in [5.41, 5.74) is 1.21. The van der Waals surface area contributed by atoms with Gasteiger partial charge >= 0.3 is 0 Å². The van der Waals surface area contributed by atoms with Gasteiger partial charge in [-0.15, -0.1) is 0 Å². The van der Waals surface area contributed by atoms with Crippen molar-refractivity contribution >= 4 is 34.8 Å². The summed E-state index contributed by atoms with van der Waals surface area (Å²) < 4.78 is 0. The second-order valence-electron chi connectivity index (χ2n) is 10.7. The van der Waals surface area contributed by atoms with E-state index in [0.29, 0.717) is 29.2 Å². The van der Waals surface area contributed by atoms with E-state index in [0.717, 1.165) is 19.3 Å². The molecule has 0 atom stereocenters. The van der Waals surface area contributed by atoms with Crippen molar-refractivity contribution in [1.29, 1.82) is 0 Å². The second-order valence-corrected chi connectivity index (χ2v) is 11.1. The third kappa shape index (κ3) is 19.2. The molecular formula is C32H55ClN2O2. The zero-order chi connectivity index (χ0) is 27.0. The monoisotopic (exact) mass is 534 g/mol. The molecule has 2 amide bonds. The zero-order valence-electron chi connectivity index (χ0n) is 24.0. The highest BCUT2D eigenvalue weighted by Gasteiger charge is 2.08. The minimum absolute atomic E-state index is 0.0223. The van der Waals surface area contributed by atoms with Crippen LogP contribution < -0.4 is 10.6 Å². The lowest BCUT2D eigenvalue weighted by Crippen LogP contribution is -2.13. The summed E-state index contributed by atoms with van der Waals surface area (Å²) >= 11 is 6.23. The lowest BCUT2D eigenvalue weighted by Gasteiger charge is -2.10. The number of carbonyl (C=O) groups is 2. The molecular weight excluding hydrogens is 480 g/mol. The first-order valence-corrected chi connectivity index (χ1v) is 15.8. The standard InChI is InChI=1S/C32H55ClN2O2/c1-3-5-6-7-8-9-10-11-12-13-14-15-16-17-18-19-20-21-22-24-32(37)35-30-27-28(25-26-29(30)33)34-31(36)23-4-2/h25-27H,3-24H2,1-2H3,(H,34,36)(H,35,37). The van der Waals surface area contributed by atoms with Crippen LogP contribution >= 0.6 is 11.6 Å². The predicted octanol–water partition coefficient (Wildman–Crippen LogP) is 10.8. The molecule has 0 saturated carbocycles. The highest BCUT2D eigenvalue weighted by Crippen LogP contribution is 2.26. The van der Waals surface area contributed by atoms with Crippen LogP contribution in [0.4, 0.5) is 11.4 Å². The summed E-state index contributed by atoms with van der Waals surface area (Å²) in [6.07, 6.45) is 27.3. The fraction of sp³-hybridized carbons (Fsp3) is 0.750. The summed E-state index contributed by atoms with van der Waals surface area (Å²) in [7, 11) is 0. The van der Waals surface area contributed by atoms with Gasteiger partial charge in [0.15, 0.2) is 0 Å². The number of hydrogen-bond donors (Lipinski definition) is 2. The first-order chi connectivity index (χ1) is 18.1. The van der Waals surface area contributed by atoms with E-state index in [1.165, 1.54) is 109 Å². The van der Waals surface area contributed by atoms with Gasteiger partial charge < -0.3 is 10.6 Å². The van der Waals surface area contributed by atoms with Crippen molar-refractivity contribution in [1.82, 2.24) is 0 Å². The van der Waals surface area contributed by atoms with Crippen LogP contribution in [0.5, 0.6) is 0 Å². The smallest absolute Gasteiger partial charge is 0.224 e. The summed E-state index contributed by atoms with van der Waals surface area (Å²) in [6, 6.07) is 5.18. The number of amides is 2. The number of benzene rings is 1. The SMILES string of the molecule is CCCCCCCCCCCCCCCCCCCCCC(=O)Nc1cc(NC(=O)CCC)ccc1Cl. The van der Waals surface area contributed by atoms with Crippen molar-refractivity contribution in [2.24, 2.45) is 0 Å². The Hall–Kier alpha value is -1.55. The summed E-state index contributed by atoms with van der Waals surface area (Å²) in [5, 5.41) is 6.22. The molecule has 1 rings (SSSR count). The van der Waals surface area contributed by atoms with Crippen LogP contribution in [0, 0.1) is 0 Å². The fourth-order valence-electron chi connectivity index (χ4n) is 4.73. The number of rotatable bonds is 24. The molecule has 0 radical (unpaired) electrons. The fourth-order valence-corrected chi connectivity index (χ4v) is 4.89. The molecule has 0 aliphatic heterocycles. The van der Waals surface area contributed by atoms with Gasteiger partial charge in [-0.1, -0.05) is 141 Å². The predicted molar refractivity (Wildman–Crippen MR) is 162 cm³/mol. The average molecular weight is 535 g/mol. The first-order valence-electron chi connectivity index (χ1n) is 15.5. The Morgan fingerprint density at radius 1 is 0.568 bits per heavy atom. The molecule has 4 nitrogen and oxygen atoms in total. The molecule has 2 N–H and O–H groups in total. The van der Waals surface area contributed by atoms with Crippen molar-refractivity contribution < 1.29 is 9.59 Å². The number of anilines is 2. The molecule has 37 heavy (non-hydrogen) atoms. The summed E-state index contributed by atoms with van der Waals surface area (Å²) in [5.74, 6) is -0.0536. The average Bonchev–Trinajstić information content (AvgIpc) is 2.87. The van der Waals surface area contributed by atoms with Crippen LogP contribution in [0.2, 0.25) is 5.02 Å². The Kier molecular flexibility index (Phi) is 21.3. The van der Waals surface area contributed by atoms with Crippen LogP contribution in [0.25, 0.3) is 0 Å². The highest BCUT2D eigenvalue weighted by atomic mass is 35.5. The minimum atomic E-state index is -0.0313. The van der Waals surface area contributed by atoms with Crippen LogP contribution in [0.15, 0.2) is 18.2 Å². The lowest BCUT2D eigenvalue weighted by molar-refractivity contribution is -0.117.